The van der Waals surface area contributed by atoms with Gasteiger partial charge in [-0.1, -0.05) is 12.1 Å². The molecule has 3 N–H and O–H groups in total. The topological polar surface area (TPSA) is 187 Å². The van der Waals surface area contributed by atoms with Gasteiger partial charge in [-0.2, -0.15) is 5.10 Å². The number of benzene rings is 2. The van der Waals surface area contributed by atoms with Crippen LogP contribution in [0.3, 0.4) is 0 Å². The van der Waals surface area contributed by atoms with Crippen molar-refractivity contribution in [3.05, 3.63) is 83.3 Å². The third-order valence-corrected chi connectivity index (χ3v) is 12.4. The number of amides is 6. The molecule has 7 heterocycles. The summed E-state index contributed by atoms with van der Waals surface area (Å²) < 4.78 is 7.80. The summed E-state index contributed by atoms with van der Waals surface area (Å²) in [5.74, 6) is -1.000. The summed E-state index contributed by atoms with van der Waals surface area (Å²) in [5, 5.41) is 13.3. The Kier molecular flexibility index (Phi) is 11.0. The van der Waals surface area contributed by atoms with Gasteiger partial charge in [0.25, 0.3) is 11.8 Å². The van der Waals surface area contributed by atoms with Gasteiger partial charge in [-0.25, -0.2) is 14.8 Å². The summed E-state index contributed by atoms with van der Waals surface area (Å²) in [6.07, 6.45) is 8.04. The Bertz CT molecular complexity index is 2360. The van der Waals surface area contributed by atoms with Gasteiger partial charge in [0, 0.05) is 75.3 Å². The first kappa shape index (κ1) is 40.2. The molecule has 318 valence electrons. The van der Waals surface area contributed by atoms with Gasteiger partial charge in [-0.15, -0.1) is 0 Å². The van der Waals surface area contributed by atoms with Crippen LogP contribution in [-0.4, -0.2) is 128 Å². The van der Waals surface area contributed by atoms with Crippen molar-refractivity contribution in [1.29, 1.82) is 0 Å². The molecular weight excluding hydrogens is 779 g/mol. The minimum atomic E-state index is -0.971. The first-order valence-corrected chi connectivity index (χ1v) is 21.2. The summed E-state index contributed by atoms with van der Waals surface area (Å²) in [6, 6.07) is 12.6. The van der Waals surface area contributed by atoms with Crippen LogP contribution in [0.5, 0.6) is 0 Å². The molecule has 2 aromatic carbocycles. The lowest BCUT2D eigenvalue weighted by Gasteiger charge is -2.44. The van der Waals surface area contributed by atoms with Crippen molar-refractivity contribution in [1.82, 2.24) is 45.1 Å². The highest BCUT2D eigenvalue weighted by molar-refractivity contribution is 6.23. The number of aryl methyl sites for hydroxylation is 1. The Morgan fingerprint density at radius 3 is 2.49 bits per heavy atom. The van der Waals surface area contributed by atoms with Gasteiger partial charge >= 0.3 is 6.03 Å². The number of ether oxygens (including phenoxy) is 1. The van der Waals surface area contributed by atoms with Crippen molar-refractivity contribution in [3.8, 4) is 11.3 Å². The summed E-state index contributed by atoms with van der Waals surface area (Å²) in [5.41, 5.74) is 6.17. The van der Waals surface area contributed by atoms with Crippen LogP contribution in [-0.2, 0) is 20.9 Å². The van der Waals surface area contributed by atoms with E-state index in [1.807, 2.05) is 62.1 Å². The second-order valence-corrected chi connectivity index (χ2v) is 17.1. The fraction of sp³-hybridized carbons (Fsp3) is 0.455. The number of aromatic nitrogens is 4. The van der Waals surface area contributed by atoms with Crippen molar-refractivity contribution >= 4 is 47.0 Å². The maximum Gasteiger partial charge on any atom is 0.317 e. The SMILES string of the molecule is Cc1cc(-c2ccnc(Nc3cnn(C4CCN(CC5CN(c6ccc7c(c6)C(=O)N(C6CCC(=O)NC6=O)C7=O)C5)CC4)c3)n2)ccc1CNC(=O)N1CC(OC(C)C)C1. The molecule has 5 aliphatic heterocycles. The predicted molar refractivity (Wildman–Crippen MR) is 225 cm³/mol. The number of rotatable bonds is 12. The van der Waals surface area contributed by atoms with Crippen LogP contribution in [0.25, 0.3) is 11.3 Å². The molecule has 6 amide bonds. The molecule has 5 aliphatic rings. The molecule has 1 atom stereocenters. The fourth-order valence-corrected chi connectivity index (χ4v) is 9.01. The lowest BCUT2D eigenvalue weighted by molar-refractivity contribution is -0.136. The molecule has 17 heteroatoms. The molecule has 0 aliphatic carbocycles. The highest BCUT2D eigenvalue weighted by atomic mass is 16.5. The molecule has 61 heavy (non-hydrogen) atoms. The van der Waals surface area contributed by atoms with Gasteiger partial charge in [0.15, 0.2) is 0 Å². The van der Waals surface area contributed by atoms with E-state index in [0.29, 0.717) is 42.6 Å². The Labute approximate surface area is 353 Å². The monoisotopic (exact) mass is 829 g/mol. The Hall–Kier alpha value is -6.20. The van der Waals surface area contributed by atoms with E-state index in [4.69, 9.17) is 9.72 Å². The van der Waals surface area contributed by atoms with Crippen molar-refractivity contribution in [2.24, 2.45) is 5.92 Å². The number of likely N-dealkylation sites (tertiary alicyclic amines) is 2. The first-order chi connectivity index (χ1) is 29.4. The molecular formula is C44H51N11O6. The molecule has 0 spiro atoms. The summed E-state index contributed by atoms with van der Waals surface area (Å²) >= 11 is 0. The number of fused-ring (bicyclic) bond motifs is 1. The third-order valence-electron chi connectivity index (χ3n) is 12.4. The molecule has 2 aromatic heterocycles. The predicted octanol–water partition coefficient (Wildman–Crippen LogP) is 3.89. The third kappa shape index (κ3) is 8.44. The van der Waals surface area contributed by atoms with Crippen LogP contribution in [0.15, 0.2) is 61.1 Å². The van der Waals surface area contributed by atoms with Crippen molar-refractivity contribution in [2.75, 3.05) is 56.0 Å². The quantitative estimate of drug-likeness (QED) is 0.175. The zero-order chi connectivity index (χ0) is 42.4. The average molecular weight is 830 g/mol. The molecule has 4 aromatic rings. The number of imide groups is 2. The molecule has 0 saturated carbocycles. The average Bonchev–Trinajstić information content (AvgIpc) is 3.78. The van der Waals surface area contributed by atoms with E-state index >= 15 is 0 Å². The highest BCUT2D eigenvalue weighted by Crippen LogP contribution is 2.34. The number of carbonyl (C=O) groups is 5. The molecule has 4 saturated heterocycles. The van der Waals surface area contributed by atoms with Crippen LogP contribution >= 0.6 is 0 Å². The van der Waals surface area contributed by atoms with Gasteiger partial charge in [-0.05, 0) is 81.5 Å². The van der Waals surface area contributed by atoms with Crippen LogP contribution in [0.1, 0.15) is 77.4 Å². The molecule has 17 nitrogen and oxygen atoms in total. The van der Waals surface area contributed by atoms with Crippen molar-refractivity contribution < 1.29 is 28.7 Å². The van der Waals surface area contributed by atoms with E-state index in [9.17, 15) is 24.0 Å². The van der Waals surface area contributed by atoms with Crippen LogP contribution < -0.4 is 20.9 Å². The Morgan fingerprint density at radius 2 is 1.74 bits per heavy atom. The molecule has 0 bridgehead atoms. The number of urea groups is 1. The summed E-state index contributed by atoms with van der Waals surface area (Å²) in [7, 11) is 0. The second-order valence-electron chi connectivity index (χ2n) is 17.1. The van der Waals surface area contributed by atoms with E-state index in [1.165, 1.54) is 0 Å². The van der Waals surface area contributed by atoms with Crippen LogP contribution in [0.2, 0.25) is 0 Å². The van der Waals surface area contributed by atoms with E-state index in [0.717, 1.165) is 84.2 Å². The second kappa shape index (κ2) is 16.7. The minimum Gasteiger partial charge on any atom is -0.372 e. The molecule has 4 fully saturated rings. The minimum absolute atomic E-state index is 0.0782. The van der Waals surface area contributed by atoms with Gasteiger partial charge < -0.3 is 30.1 Å². The number of anilines is 3. The van der Waals surface area contributed by atoms with E-state index in [2.05, 4.69) is 41.9 Å². The van der Waals surface area contributed by atoms with E-state index < -0.39 is 29.7 Å². The molecule has 0 radical (unpaired) electrons. The largest absolute Gasteiger partial charge is 0.372 e. The standard InChI is InChI=1S/C44H51N11O6/c1-26(2)61-34-24-53(25-34)44(60)46-18-30-5-4-29(16-27(30)3)37-10-13-45-43(49-37)48-31-19-47-54(23-31)32-11-14-51(15-12-32)20-28-21-52(22-28)33-6-7-35-36(17-33)42(59)55(41(35)58)38-8-9-39(56)50-40(38)57/h4-7,10,13,16-17,19,23,26,28,32,34,38H,8-9,11-12,14-15,18,20-22,24-25H2,1-3H3,(H,46,60)(H,45,48,49)(H,50,56,57). The number of carbonyl (C=O) groups excluding carboxylic acids is 5. The van der Waals surface area contributed by atoms with Gasteiger partial charge in [0.05, 0.1) is 60.0 Å². The first-order valence-electron chi connectivity index (χ1n) is 21.2. The zero-order valence-electron chi connectivity index (χ0n) is 34.7. The van der Waals surface area contributed by atoms with Gasteiger partial charge in [-0.3, -0.25) is 34.1 Å². The lowest BCUT2D eigenvalue weighted by Crippen LogP contribution is -2.58. The fourth-order valence-electron chi connectivity index (χ4n) is 9.01. The molecule has 9 rings (SSSR count). The van der Waals surface area contributed by atoms with Crippen molar-refractivity contribution in [2.45, 2.75) is 77.3 Å². The summed E-state index contributed by atoms with van der Waals surface area (Å²) in [6.45, 7) is 12.4. The maximum atomic E-state index is 13.3. The number of piperidine rings is 2. The Morgan fingerprint density at radius 1 is 0.951 bits per heavy atom. The van der Waals surface area contributed by atoms with Crippen LogP contribution in [0, 0.1) is 12.8 Å². The maximum absolute atomic E-state index is 13.3. The van der Waals surface area contributed by atoms with Gasteiger partial charge in [0.1, 0.15) is 6.04 Å². The van der Waals surface area contributed by atoms with Gasteiger partial charge in [0.2, 0.25) is 17.8 Å². The molecule has 1 unspecified atom stereocenters. The van der Waals surface area contributed by atoms with Crippen LogP contribution in [0.4, 0.5) is 22.1 Å². The zero-order valence-corrected chi connectivity index (χ0v) is 34.7. The van der Waals surface area contributed by atoms with E-state index in [1.54, 1.807) is 23.2 Å². The van der Waals surface area contributed by atoms with Crippen molar-refractivity contribution in [3.63, 3.8) is 0 Å². The number of hydrogen-bond acceptors (Lipinski definition) is 12. The number of nitrogens with one attached hydrogen (secondary N) is 3. The highest BCUT2D eigenvalue weighted by Gasteiger charge is 2.45. The lowest BCUT2D eigenvalue weighted by atomic mass is 9.95. The normalized spacial score (nSPS) is 20.2. The smallest absolute Gasteiger partial charge is 0.317 e. The number of nitrogens with zero attached hydrogens (tertiary/aromatic N) is 8. The number of hydrogen-bond donors (Lipinski definition) is 3. The van der Waals surface area contributed by atoms with E-state index in [-0.39, 0.29) is 37.1 Å². The summed E-state index contributed by atoms with van der Waals surface area (Å²) in [4.78, 5) is 79.8. The Balaban J connectivity index is 0.720.